The molecule has 2 N–H and O–H groups in total. The molecule has 2 unspecified atom stereocenters. The Labute approximate surface area is 160 Å². The van der Waals surface area contributed by atoms with E-state index in [1.165, 1.54) is 18.4 Å². The second-order valence-electron chi connectivity index (χ2n) is 7.04. The van der Waals surface area contributed by atoms with Crippen LogP contribution in [0, 0.1) is 5.92 Å². The molecule has 1 heterocycles. The van der Waals surface area contributed by atoms with Gasteiger partial charge in [0.15, 0.2) is 0 Å². The quantitative estimate of drug-likeness (QED) is 0.852. The monoisotopic (exact) mass is 387 g/mol. The second kappa shape index (κ2) is 7.42. The van der Waals surface area contributed by atoms with E-state index in [-0.39, 0.29) is 10.8 Å². The van der Waals surface area contributed by atoms with Crippen molar-refractivity contribution in [3.05, 3.63) is 59.7 Å². The van der Waals surface area contributed by atoms with Crippen molar-refractivity contribution in [1.29, 1.82) is 0 Å². The first-order valence-electron chi connectivity index (χ1n) is 8.91. The molecule has 1 amide bonds. The van der Waals surface area contributed by atoms with Crippen LogP contribution in [0.4, 0.5) is 5.69 Å². The number of sulfonamides is 1. The molecule has 2 aromatic carbocycles. The van der Waals surface area contributed by atoms with Gasteiger partial charge >= 0.3 is 0 Å². The number of benzene rings is 2. The van der Waals surface area contributed by atoms with Crippen molar-refractivity contribution in [1.82, 2.24) is 4.31 Å². The summed E-state index contributed by atoms with van der Waals surface area (Å²) >= 11 is 0. The fourth-order valence-electron chi connectivity index (χ4n) is 3.32. The van der Waals surface area contributed by atoms with Gasteiger partial charge in [0.1, 0.15) is 0 Å². The third-order valence-corrected chi connectivity index (χ3v) is 6.92. The molecular formula is C20H25N3O3S. The number of hydrogen-bond acceptors (Lipinski definition) is 4. The number of carbonyl (C=O) groups excluding carboxylic acids is 1. The molecule has 27 heavy (non-hydrogen) atoms. The van der Waals surface area contributed by atoms with Gasteiger partial charge < -0.3 is 10.6 Å². The number of nitrogens with two attached hydrogens (primary N) is 1. The number of amides is 1. The summed E-state index contributed by atoms with van der Waals surface area (Å²) in [7, 11) is -0.571. The Morgan fingerprint density at radius 2 is 1.81 bits per heavy atom. The lowest BCUT2D eigenvalue weighted by Gasteiger charge is -2.26. The smallest absolute Gasteiger partial charge is 0.242 e. The average Bonchev–Trinajstić information content (AvgIpc) is 3.10. The first-order chi connectivity index (χ1) is 12.7. The minimum Gasteiger partial charge on any atom is -0.323 e. The molecule has 144 valence electrons. The van der Waals surface area contributed by atoms with Crippen molar-refractivity contribution < 1.29 is 13.2 Å². The molecule has 3 rings (SSSR count). The van der Waals surface area contributed by atoms with Crippen LogP contribution >= 0.6 is 0 Å². The van der Waals surface area contributed by atoms with Crippen molar-refractivity contribution in [3.63, 3.8) is 0 Å². The van der Waals surface area contributed by atoms with Crippen molar-refractivity contribution in [2.75, 3.05) is 25.5 Å². The van der Waals surface area contributed by atoms with E-state index in [4.69, 9.17) is 5.73 Å². The Morgan fingerprint density at radius 3 is 2.44 bits per heavy atom. The maximum atomic E-state index is 13.1. The van der Waals surface area contributed by atoms with E-state index in [0.717, 1.165) is 11.1 Å². The van der Waals surface area contributed by atoms with Crippen molar-refractivity contribution in [2.45, 2.75) is 24.3 Å². The standard InChI is InChI=1S/C20H25N3O3S/c1-14(19(21)16-7-5-4-6-8-16)20(24)23-12-11-15-9-10-17(13-18(15)23)27(25,26)22(2)3/h4-10,13-14,19H,11-12,21H2,1-3H3. The zero-order valence-corrected chi connectivity index (χ0v) is 16.6. The Balaban J connectivity index is 1.89. The van der Waals surface area contributed by atoms with E-state index in [9.17, 15) is 13.2 Å². The molecule has 0 aromatic heterocycles. The van der Waals surface area contributed by atoms with Crippen LogP contribution in [0.5, 0.6) is 0 Å². The highest BCUT2D eigenvalue weighted by Crippen LogP contribution is 2.33. The summed E-state index contributed by atoms with van der Waals surface area (Å²) in [5, 5.41) is 0. The molecule has 0 radical (unpaired) electrons. The molecule has 0 spiro atoms. The fourth-order valence-corrected chi connectivity index (χ4v) is 4.24. The van der Waals surface area contributed by atoms with Crippen molar-refractivity contribution in [3.8, 4) is 0 Å². The van der Waals surface area contributed by atoms with Crippen LogP contribution < -0.4 is 10.6 Å². The summed E-state index contributed by atoms with van der Waals surface area (Å²) in [4.78, 5) is 15.0. The molecule has 1 aliphatic rings. The van der Waals surface area contributed by atoms with Gasteiger partial charge in [-0.3, -0.25) is 4.79 Å². The van der Waals surface area contributed by atoms with Crippen LogP contribution in [-0.2, 0) is 21.2 Å². The van der Waals surface area contributed by atoms with Gasteiger partial charge in [0.05, 0.1) is 10.8 Å². The number of hydrogen-bond donors (Lipinski definition) is 1. The zero-order chi connectivity index (χ0) is 19.8. The topological polar surface area (TPSA) is 83.7 Å². The van der Waals surface area contributed by atoms with E-state index in [2.05, 4.69) is 0 Å². The number of fused-ring (bicyclic) bond motifs is 1. The lowest BCUT2D eigenvalue weighted by atomic mass is 9.94. The molecule has 1 aliphatic heterocycles. The minimum absolute atomic E-state index is 0.0931. The Bertz CT molecular complexity index is 942. The normalized spacial score (nSPS) is 16.3. The number of rotatable bonds is 5. The lowest BCUT2D eigenvalue weighted by Crippen LogP contribution is -2.38. The van der Waals surface area contributed by atoms with Crippen molar-refractivity contribution >= 4 is 21.6 Å². The summed E-state index contributed by atoms with van der Waals surface area (Å²) in [5.41, 5.74) is 8.86. The lowest BCUT2D eigenvalue weighted by molar-refractivity contribution is -0.122. The van der Waals surface area contributed by atoms with E-state index < -0.39 is 22.0 Å². The van der Waals surface area contributed by atoms with Gasteiger partial charge in [-0.2, -0.15) is 0 Å². The predicted octanol–water partition coefficient (Wildman–Crippen LogP) is 2.16. The summed E-state index contributed by atoms with van der Waals surface area (Å²) in [6, 6.07) is 14.1. The van der Waals surface area contributed by atoms with E-state index in [1.54, 1.807) is 23.1 Å². The summed E-state index contributed by atoms with van der Waals surface area (Å²) in [5.74, 6) is -0.517. The number of carbonyl (C=O) groups is 1. The highest BCUT2D eigenvalue weighted by Gasteiger charge is 2.32. The van der Waals surface area contributed by atoms with Crippen molar-refractivity contribution in [2.24, 2.45) is 11.7 Å². The third-order valence-electron chi connectivity index (χ3n) is 5.11. The molecule has 0 saturated heterocycles. The molecule has 2 atom stereocenters. The Hall–Kier alpha value is -2.22. The SMILES string of the molecule is CC(C(=O)N1CCc2ccc(S(=O)(=O)N(C)C)cc21)C(N)c1ccccc1. The van der Waals surface area contributed by atoms with Crippen LogP contribution in [0.15, 0.2) is 53.4 Å². The Morgan fingerprint density at radius 1 is 1.15 bits per heavy atom. The first kappa shape index (κ1) is 19.5. The molecular weight excluding hydrogens is 362 g/mol. The van der Waals surface area contributed by atoms with E-state index in [0.29, 0.717) is 18.7 Å². The summed E-state index contributed by atoms with van der Waals surface area (Å²) < 4.78 is 26.0. The molecule has 6 nitrogen and oxygen atoms in total. The number of anilines is 1. The Kier molecular flexibility index (Phi) is 5.37. The maximum Gasteiger partial charge on any atom is 0.242 e. The number of nitrogens with zero attached hydrogens (tertiary/aromatic N) is 2. The van der Waals surface area contributed by atoms with Gasteiger partial charge in [0.2, 0.25) is 15.9 Å². The highest BCUT2D eigenvalue weighted by molar-refractivity contribution is 7.89. The summed E-state index contributed by atoms with van der Waals surface area (Å²) in [6.45, 7) is 2.35. The molecule has 2 aromatic rings. The molecule has 0 saturated carbocycles. The van der Waals surface area contributed by atoms with Gasteiger partial charge in [-0.15, -0.1) is 0 Å². The fraction of sp³-hybridized carbons (Fsp3) is 0.350. The van der Waals surface area contributed by atoms with Crippen LogP contribution in [0.1, 0.15) is 24.1 Å². The van der Waals surface area contributed by atoms with Gasteiger partial charge in [0, 0.05) is 32.4 Å². The first-order valence-corrected chi connectivity index (χ1v) is 10.3. The van der Waals surface area contributed by atoms with Crippen LogP contribution in [0.3, 0.4) is 0 Å². The maximum absolute atomic E-state index is 13.1. The predicted molar refractivity (Wildman–Crippen MR) is 106 cm³/mol. The molecule has 0 aliphatic carbocycles. The average molecular weight is 388 g/mol. The minimum atomic E-state index is -3.56. The van der Waals surface area contributed by atoms with Gasteiger partial charge in [0.25, 0.3) is 0 Å². The van der Waals surface area contributed by atoms with Crippen LogP contribution in [-0.4, -0.2) is 39.3 Å². The third kappa shape index (κ3) is 3.63. The van der Waals surface area contributed by atoms with E-state index >= 15 is 0 Å². The largest absolute Gasteiger partial charge is 0.323 e. The van der Waals surface area contributed by atoms with Gasteiger partial charge in [-0.1, -0.05) is 43.3 Å². The highest BCUT2D eigenvalue weighted by atomic mass is 32.2. The van der Waals surface area contributed by atoms with E-state index in [1.807, 2.05) is 37.3 Å². The van der Waals surface area contributed by atoms with Crippen LogP contribution in [0.2, 0.25) is 0 Å². The van der Waals surface area contributed by atoms with Crippen LogP contribution in [0.25, 0.3) is 0 Å². The zero-order valence-electron chi connectivity index (χ0n) is 15.8. The van der Waals surface area contributed by atoms with Gasteiger partial charge in [-0.25, -0.2) is 12.7 Å². The second-order valence-corrected chi connectivity index (χ2v) is 9.19. The summed E-state index contributed by atoms with van der Waals surface area (Å²) in [6.07, 6.45) is 0.705. The molecule has 0 fully saturated rings. The van der Waals surface area contributed by atoms with Gasteiger partial charge in [-0.05, 0) is 29.7 Å². The molecule has 7 heteroatoms. The molecule has 0 bridgehead atoms.